The predicted octanol–water partition coefficient (Wildman–Crippen LogP) is -3.84. The molecule has 1 N–H and O–H groups in total. The summed E-state index contributed by atoms with van der Waals surface area (Å²) in [5.74, 6) is 0. The highest BCUT2D eigenvalue weighted by Gasteiger charge is 2.25. The zero-order chi connectivity index (χ0) is 8.27. The van der Waals surface area contributed by atoms with Gasteiger partial charge in [0.1, 0.15) is 12.9 Å². The molecule has 0 spiro atoms. The number of quaternary nitrogens is 1. The highest BCUT2D eigenvalue weighted by molar-refractivity contribution is 4.58. The predicted molar refractivity (Wildman–Crippen MR) is 44.4 cm³/mol. The number of ether oxygens (including phenoxy) is 1. The van der Waals surface area contributed by atoms with Gasteiger partial charge in [-0.05, 0) is 0 Å². The van der Waals surface area contributed by atoms with Crippen LogP contribution in [0.25, 0.3) is 0 Å². The van der Waals surface area contributed by atoms with Gasteiger partial charge >= 0.3 is 0 Å². The van der Waals surface area contributed by atoms with Gasteiger partial charge in [-0.25, -0.2) is 4.90 Å². The van der Waals surface area contributed by atoms with Crippen molar-refractivity contribution in [2.45, 2.75) is 19.5 Å². The van der Waals surface area contributed by atoms with Gasteiger partial charge in [-0.3, -0.25) is 0 Å². The first-order valence-corrected chi connectivity index (χ1v) is 4.31. The van der Waals surface area contributed by atoms with Gasteiger partial charge in [-0.15, -0.1) is 0 Å². The molecular formula is C8H19ClN2O. The Balaban J connectivity index is 0.00000121. The molecule has 4 heteroatoms. The second-order valence-electron chi connectivity index (χ2n) is 3.36. The normalized spacial score (nSPS) is 31.2. The third-order valence-electron chi connectivity index (χ3n) is 2.57. The molecule has 0 amide bonds. The van der Waals surface area contributed by atoms with E-state index in [1.54, 1.807) is 12.0 Å². The summed E-state index contributed by atoms with van der Waals surface area (Å²) in [6, 6.07) is 0. The largest absolute Gasteiger partial charge is 1.00 e. The van der Waals surface area contributed by atoms with Gasteiger partial charge in [0, 0.05) is 27.0 Å². The standard InChI is InChI=1S/C8H18N2O.ClH/c1-8-9(2)5-4-6-10(8)7-11-3;/h8H,4-7H2,1-3H3;1H. The third kappa shape index (κ3) is 2.90. The fourth-order valence-electron chi connectivity index (χ4n) is 1.62. The second kappa shape index (κ2) is 5.75. The minimum absolute atomic E-state index is 0. The molecule has 0 radical (unpaired) electrons. The van der Waals surface area contributed by atoms with Crippen LogP contribution in [0.3, 0.4) is 0 Å². The minimum Gasteiger partial charge on any atom is -1.00 e. The summed E-state index contributed by atoms with van der Waals surface area (Å²) in [5, 5.41) is 0. The van der Waals surface area contributed by atoms with E-state index >= 15 is 0 Å². The van der Waals surface area contributed by atoms with Crippen molar-refractivity contribution in [3.8, 4) is 0 Å². The summed E-state index contributed by atoms with van der Waals surface area (Å²) < 4.78 is 5.11. The Labute approximate surface area is 81.1 Å². The summed E-state index contributed by atoms with van der Waals surface area (Å²) in [6.45, 7) is 5.51. The van der Waals surface area contributed by atoms with Gasteiger partial charge in [0.05, 0.1) is 13.6 Å². The highest BCUT2D eigenvalue weighted by Crippen LogP contribution is 1.98. The fraction of sp³-hybridized carbons (Fsp3) is 1.00. The summed E-state index contributed by atoms with van der Waals surface area (Å²) in [5.41, 5.74) is 0. The van der Waals surface area contributed by atoms with Crippen LogP contribution in [0.2, 0.25) is 0 Å². The van der Waals surface area contributed by atoms with E-state index in [0.29, 0.717) is 6.17 Å². The van der Waals surface area contributed by atoms with E-state index in [0.717, 1.165) is 6.73 Å². The molecule has 3 nitrogen and oxygen atoms in total. The number of hydrogen-bond donors (Lipinski definition) is 1. The molecule has 12 heavy (non-hydrogen) atoms. The lowest BCUT2D eigenvalue weighted by molar-refractivity contribution is -0.923. The molecule has 0 bridgehead atoms. The molecule has 0 saturated carbocycles. The van der Waals surface area contributed by atoms with Crippen molar-refractivity contribution in [2.24, 2.45) is 0 Å². The third-order valence-corrected chi connectivity index (χ3v) is 2.57. The first kappa shape index (κ1) is 12.2. The van der Waals surface area contributed by atoms with Crippen LogP contribution in [0.4, 0.5) is 0 Å². The van der Waals surface area contributed by atoms with Crippen molar-refractivity contribution in [3.05, 3.63) is 0 Å². The number of halogens is 1. The molecule has 1 rings (SSSR count). The summed E-state index contributed by atoms with van der Waals surface area (Å²) in [7, 11) is 4.00. The lowest BCUT2D eigenvalue weighted by atomic mass is 10.2. The number of nitrogens with one attached hydrogen (secondary N) is 1. The monoisotopic (exact) mass is 194 g/mol. The van der Waals surface area contributed by atoms with Crippen molar-refractivity contribution < 1.29 is 22.0 Å². The molecular weight excluding hydrogens is 176 g/mol. The average Bonchev–Trinajstić information content (AvgIpc) is 1.99. The first-order chi connectivity index (χ1) is 5.25. The maximum atomic E-state index is 5.11. The lowest BCUT2D eigenvalue weighted by Crippen LogP contribution is -3.15. The van der Waals surface area contributed by atoms with Crippen LogP contribution in [0.15, 0.2) is 0 Å². The van der Waals surface area contributed by atoms with Crippen LogP contribution in [0, 0.1) is 0 Å². The van der Waals surface area contributed by atoms with Gasteiger partial charge in [-0.1, -0.05) is 0 Å². The maximum Gasteiger partial charge on any atom is 0.142 e. The van der Waals surface area contributed by atoms with Gasteiger partial charge in [0.25, 0.3) is 0 Å². The molecule has 1 aliphatic heterocycles. The second-order valence-corrected chi connectivity index (χ2v) is 3.36. The maximum absolute atomic E-state index is 5.11. The minimum atomic E-state index is 0. The number of methoxy groups -OCH3 is 1. The molecule has 1 aliphatic rings. The highest BCUT2D eigenvalue weighted by atomic mass is 35.5. The fourth-order valence-corrected chi connectivity index (χ4v) is 1.62. The molecule has 0 aliphatic carbocycles. The quantitative estimate of drug-likeness (QED) is 0.485. The van der Waals surface area contributed by atoms with E-state index in [4.69, 9.17) is 4.74 Å². The van der Waals surface area contributed by atoms with Crippen molar-refractivity contribution in [3.63, 3.8) is 0 Å². The van der Waals surface area contributed by atoms with Gasteiger partial charge in [0.15, 0.2) is 0 Å². The molecule has 2 unspecified atom stereocenters. The Morgan fingerprint density at radius 2 is 2.25 bits per heavy atom. The number of nitrogens with zero attached hydrogens (tertiary/aromatic N) is 1. The molecule has 0 aromatic carbocycles. The van der Waals surface area contributed by atoms with E-state index in [2.05, 4.69) is 18.9 Å². The molecule has 74 valence electrons. The van der Waals surface area contributed by atoms with E-state index in [-0.39, 0.29) is 12.4 Å². The zero-order valence-corrected chi connectivity index (χ0v) is 8.90. The average molecular weight is 195 g/mol. The van der Waals surface area contributed by atoms with Crippen molar-refractivity contribution in [2.75, 3.05) is 34.0 Å². The van der Waals surface area contributed by atoms with Crippen molar-refractivity contribution >= 4 is 0 Å². The Hall–Kier alpha value is 0.170. The van der Waals surface area contributed by atoms with E-state index in [1.807, 2.05) is 0 Å². The Morgan fingerprint density at radius 3 is 2.83 bits per heavy atom. The number of hydrogen-bond acceptors (Lipinski definition) is 2. The van der Waals surface area contributed by atoms with Crippen LogP contribution >= 0.6 is 0 Å². The summed E-state index contributed by atoms with van der Waals surface area (Å²) in [4.78, 5) is 3.96. The van der Waals surface area contributed by atoms with Gasteiger partial charge < -0.3 is 22.0 Å². The SMILES string of the molecule is COCN1CCC[NH+](C)C1C.[Cl-]. The molecule has 2 atom stereocenters. The molecule has 0 aromatic rings. The first-order valence-electron chi connectivity index (χ1n) is 4.31. The Morgan fingerprint density at radius 1 is 1.58 bits per heavy atom. The van der Waals surface area contributed by atoms with Crippen molar-refractivity contribution in [1.82, 2.24) is 4.90 Å². The topological polar surface area (TPSA) is 16.9 Å². The molecule has 1 saturated heterocycles. The Bertz CT molecular complexity index is 122. The zero-order valence-electron chi connectivity index (χ0n) is 8.14. The van der Waals surface area contributed by atoms with Crippen molar-refractivity contribution in [1.29, 1.82) is 0 Å². The molecule has 1 heterocycles. The van der Waals surface area contributed by atoms with Crippen LogP contribution in [0.1, 0.15) is 13.3 Å². The number of rotatable bonds is 2. The summed E-state index contributed by atoms with van der Waals surface area (Å²) in [6.07, 6.45) is 1.91. The van der Waals surface area contributed by atoms with Crippen LogP contribution in [0.5, 0.6) is 0 Å². The Kier molecular flexibility index (Phi) is 5.84. The van der Waals surface area contributed by atoms with Crippen LogP contribution < -0.4 is 17.3 Å². The molecule has 0 aromatic heterocycles. The molecule has 1 fully saturated rings. The van der Waals surface area contributed by atoms with Gasteiger partial charge in [-0.2, -0.15) is 0 Å². The smallest absolute Gasteiger partial charge is 0.142 e. The lowest BCUT2D eigenvalue weighted by Gasteiger charge is -2.36. The van der Waals surface area contributed by atoms with E-state index in [9.17, 15) is 0 Å². The van der Waals surface area contributed by atoms with E-state index in [1.165, 1.54) is 19.5 Å². The van der Waals surface area contributed by atoms with Crippen LogP contribution in [-0.2, 0) is 4.74 Å². The van der Waals surface area contributed by atoms with Gasteiger partial charge in [0.2, 0.25) is 0 Å². The summed E-state index contributed by atoms with van der Waals surface area (Å²) >= 11 is 0. The van der Waals surface area contributed by atoms with E-state index < -0.39 is 0 Å². The van der Waals surface area contributed by atoms with Crippen LogP contribution in [-0.4, -0.2) is 45.0 Å².